The molecule has 0 spiro atoms. The van der Waals surface area contributed by atoms with Crippen molar-refractivity contribution < 1.29 is 32.6 Å². The molecule has 5 atom stereocenters. The second-order valence-corrected chi connectivity index (χ2v) is 7.78. The topological polar surface area (TPSA) is 66.8 Å². The lowest BCUT2D eigenvalue weighted by molar-refractivity contribution is -0.138. The first-order valence-corrected chi connectivity index (χ1v) is 8.34. The number of aliphatic hydroxyl groups excluding tert-OH is 1. The Morgan fingerprint density at radius 2 is 1.81 bits per heavy atom. The number of nitrogens with zero attached hydrogens (tertiary/aromatic N) is 1. The Labute approximate surface area is 147 Å². The lowest BCUT2D eigenvalue weighted by atomic mass is 9.67. The van der Waals surface area contributed by atoms with E-state index in [1.807, 2.05) is 0 Å². The van der Waals surface area contributed by atoms with Crippen LogP contribution < -0.4 is 4.90 Å². The van der Waals surface area contributed by atoms with E-state index in [0.29, 0.717) is 0 Å². The van der Waals surface area contributed by atoms with Gasteiger partial charge in [-0.3, -0.25) is 9.59 Å². The number of fused-ring (bicyclic) bond motifs is 5. The molecule has 0 aliphatic carbocycles. The fourth-order valence-electron chi connectivity index (χ4n) is 4.83. The highest BCUT2D eigenvalue weighted by Gasteiger charge is 2.75. The number of aliphatic hydroxyl groups is 1. The van der Waals surface area contributed by atoms with E-state index in [1.165, 1.54) is 19.1 Å². The zero-order chi connectivity index (χ0) is 19.2. The van der Waals surface area contributed by atoms with E-state index >= 15 is 0 Å². The summed E-state index contributed by atoms with van der Waals surface area (Å²) >= 11 is 0. The molecule has 3 heterocycles. The number of benzene rings is 1. The van der Waals surface area contributed by atoms with E-state index in [9.17, 15) is 27.9 Å². The second kappa shape index (κ2) is 4.86. The average molecular weight is 369 g/mol. The number of aryl methyl sites for hydroxylation is 1. The fraction of sp³-hybridized carbons (Fsp3) is 0.556. The summed E-state index contributed by atoms with van der Waals surface area (Å²) in [5.74, 6) is -2.91. The third kappa shape index (κ3) is 2.00. The van der Waals surface area contributed by atoms with Gasteiger partial charge < -0.3 is 9.84 Å². The highest BCUT2D eigenvalue weighted by atomic mass is 19.4. The van der Waals surface area contributed by atoms with Crippen LogP contribution in [0.1, 0.15) is 31.4 Å². The highest BCUT2D eigenvalue weighted by molar-refractivity contribution is 6.23. The van der Waals surface area contributed by atoms with Crippen LogP contribution in [-0.4, -0.2) is 34.2 Å². The monoisotopic (exact) mass is 369 g/mol. The van der Waals surface area contributed by atoms with Crippen LogP contribution in [0.4, 0.5) is 18.9 Å². The number of carbonyl (C=O) groups excluding carboxylic acids is 2. The summed E-state index contributed by atoms with van der Waals surface area (Å²) < 4.78 is 45.5. The molecule has 3 fully saturated rings. The number of amides is 2. The number of rotatable bonds is 1. The molecule has 0 saturated carbocycles. The molecule has 2 amide bonds. The van der Waals surface area contributed by atoms with Crippen LogP contribution in [0.3, 0.4) is 0 Å². The average Bonchev–Trinajstić information content (AvgIpc) is 3.01. The van der Waals surface area contributed by atoms with Gasteiger partial charge in [-0.2, -0.15) is 13.2 Å². The number of hydrogen-bond donors (Lipinski definition) is 1. The maximum Gasteiger partial charge on any atom is 0.416 e. The smallest absolute Gasteiger partial charge is 0.390 e. The van der Waals surface area contributed by atoms with Crippen molar-refractivity contribution in [3.05, 3.63) is 29.3 Å². The maximum atomic E-state index is 13.2. The molecule has 3 aliphatic heterocycles. The molecule has 0 aromatic heterocycles. The van der Waals surface area contributed by atoms with Gasteiger partial charge in [0.15, 0.2) is 0 Å². The molecule has 8 heteroatoms. The Kier molecular flexibility index (Phi) is 3.27. The number of halogens is 3. The Morgan fingerprint density at radius 3 is 2.42 bits per heavy atom. The first kappa shape index (κ1) is 17.5. The van der Waals surface area contributed by atoms with Crippen molar-refractivity contribution in [2.24, 2.45) is 11.8 Å². The van der Waals surface area contributed by atoms with Gasteiger partial charge in [-0.05, 0) is 38.5 Å². The zero-order valence-corrected chi connectivity index (χ0v) is 14.4. The zero-order valence-electron chi connectivity index (χ0n) is 14.4. The minimum Gasteiger partial charge on any atom is -0.390 e. The molecule has 3 saturated heterocycles. The molecule has 2 bridgehead atoms. The third-order valence-corrected chi connectivity index (χ3v) is 6.08. The number of alkyl halides is 3. The normalized spacial score (nSPS) is 39.0. The van der Waals surface area contributed by atoms with Crippen molar-refractivity contribution >= 4 is 17.5 Å². The summed E-state index contributed by atoms with van der Waals surface area (Å²) in [7, 11) is 0. The molecular formula is C18H18F3NO4. The standard InChI is InChI=1S/C18H18F3NO4/c1-8-4-5-9(6-10(8)18(19,20)21)22-14(24)12-13(15(22)25)17(3)11(23)7-16(12,2)26-17/h4-6,11-13,23H,7H2,1-3H3/t11-,12+,13-,16+,17-/m1/s1. The van der Waals surface area contributed by atoms with E-state index < -0.39 is 52.7 Å². The van der Waals surface area contributed by atoms with Crippen LogP contribution in [0, 0.1) is 18.8 Å². The summed E-state index contributed by atoms with van der Waals surface area (Å²) in [5, 5.41) is 10.3. The first-order chi connectivity index (χ1) is 11.9. The molecule has 26 heavy (non-hydrogen) atoms. The molecule has 3 aliphatic rings. The second-order valence-electron chi connectivity index (χ2n) is 7.78. The predicted molar refractivity (Wildman–Crippen MR) is 84.2 cm³/mol. The van der Waals surface area contributed by atoms with Gasteiger partial charge in [-0.1, -0.05) is 6.07 Å². The van der Waals surface area contributed by atoms with E-state index in [0.717, 1.165) is 11.0 Å². The predicted octanol–water partition coefficient (Wildman–Crippen LogP) is 2.43. The first-order valence-electron chi connectivity index (χ1n) is 8.34. The Balaban J connectivity index is 1.80. The lowest BCUT2D eigenvalue weighted by Gasteiger charge is -2.31. The van der Waals surface area contributed by atoms with Gasteiger partial charge in [-0.25, -0.2) is 4.90 Å². The van der Waals surface area contributed by atoms with Gasteiger partial charge in [0, 0.05) is 6.42 Å². The molecule has 4 rings (SSSR count). The van der Waals surface area contributed by atoms with Crippen LogP contribution in [-0.2, 0) is 20.5 Å². The molecule has 1 aromatic rings. The Bertz CT molecular complexity index is 838. The van der Waals surface area contributed by atoms with E-state index in [1.54, 1.807) is 13.8 Å². The fourth-order valence-corrected chi connectivity index (χ4v) is 4.83. The molecule has 0 unspecified atom stereocenters. The summed E-state index contributed by atoms with van der Waals surface area (Å²) in [6.45, 7) is 4.57. The number of carbonyl (C=O) groups is 2. The SMILES string of the molecule is Cc1ccc(N2C(=O)[C@@H]3[C@H](C2=O)[C@]2(C)O[C@@]3(C)C[C@H]2O)cc1C(F)(F)F. The van der Waals surface area contributed by atoms with Crippen LogP contribution >= 0.6 is 0 Å². The Hall–Kier alpha value is -1.93. The van der Waals surface area contributed by atoms with E-state index in [2.05, 4.69) is 0 Å². The van der Waals surface area contributed by atoms with Crippen molar-refractivity contribution in [1.29, 1.82) is 0 Å². The molecule has 5 nitrogen and oxygen atoms in total. The van der Waals surface area contributed by atoms with Crippen molar-refractivity contribution in [2.75, 3.05) is 4.90 Å². The highest BCUT2D eigenvalue weighted by Crippen LogP contribution is 2.61. The Morgan fingerprint density at radius 1 is 1.19 bits per heavy atom. The largest absolute Gasteiger partial charge is 0.416 e. The van der Waals surface area contributed by atoms with E-state index in [-0.39, 0.29) is 17.7 Å². The van der Waals surface area contributed by atoms with E-state index in [4.69, 9.17) is 4.74 Å². The molecule has 1 N–H and O–H groups in total. The van der Waals surface area contributed by atoms with Gasteiger partial charge in [0.2, 0.25) is 11.8 Å². The third-order valence-electron chi connectivity index (χ3n) is 6.08. The van der Waals surface area contributed by atoms with Crippen LogP contribution in [0.5, 0.6) is 0 Å². The molecule has 1 aromatic carbocycles. The maximum absolute atomic E-state index is 13.2. The van der Waals surface area contributed by atoms with Gasteiger partial charge in [0.25, 0.3) is 0 Å². The van der Waals surface area contributed by atoms with Crippen LogP contribution in [0.15, 0.2) is 18.2 Å². The summed E-state index contributed by atoms with van der Waals surface area (Å²) in [6.07, 6.45) is -5.29. The van der Waals surface area contributed by atoms with Gasteiger partial charge >= 0.3 is 6.18 Å². The van der Waals surface area contributed by atoms with Crippen molar-refractivity contribution in [3.8, 4) is 0 Å². The van der Waals surface area contributed by atoms with Crippen molar-refractivity contribution in [1.82, 2.24) is 0 Å². The van der Waals surface area contributed by atoms with Gasteiger partial charge in [0.05, 0.1) is 34.8 Å². The summed E-state index contributed by atoms with van der Waals surface area (Å²) in [4.78, 5) is 26.7. The lowest BCUT2D eigenvalue weighted by Crippen LogP contribution is -2.49. The minimum absolute atomic E-state index is 0.0123. The minimum atomic E-state index is -4.59. The summed E-state index contributed by atoms with van der Waals surface area (Å²) in [6, 6.07) is 3.41. The quantitative estimate of drug-likeness (QED) is 0.772. The number of imide groups is 1. The van der Waals surface area contributed by atoms with Crippen LogP contribution in [0.2, 0.25) is 0 Å². The number of anilines is 1. The molecule has 140 valence electrons. The molecule has 0 radical (unpaired) electrons. The van der Waals surface area contributed by atoms with Crippen molar-refractivity contribution in [3.63, 3.8) is 0 Å². The van der Waals surface area contributed by atoms with Crippen LogP contribution in [0.25, 0.3) is 0 Å². The van der Waals surface area contributed by atoms with Crippen molar-refractivity contribution in [2.45, 2.75) is 50.7 Å². The number of hydrogen-bond acceptors (Lipinski definition) is 4. The summed E-state index contributed by atoms with van der Waals surface area (Å²) in [5.41, 5.74) is -3.19. The molecular weight excluding hydrogens is 351 g/mol. The number of ether oxygens (including phenoxy) is 1. The van der Waals surface area contributed by atoms with Gasteiger partial charge in [-0.15, -0.1) is 0 Å². The van der Waals surface area contributed by atoms with Gasteiger partial charge in [0.1, 0.15) is 5.60 Å².